The lowest BCUT2D eigenvalue weighted by atomic mass is 9.89. The molecule has 1 saturated carbocycles. The van der Waals surface area contributed by atoms with Crippen molar-refractivity contribution in [3.8, 4) is 0 Å². The Morgan fingerprint density at radius 3 is 2.55 bits per heavy atom. The van der Waals surface area contributed by atoms with Crippen molar-refractivity contribution < 1.29 is 14.3 Å². The Morgan fingerprint density at radius 2 is 2.00 bits per heavy atom. The van der Waals surface area contributed by atoms with E-state index in [1.807, 2.05) is 24.1 Å². The molecule has 1 aliphatic heterocycles. The van der Waals surface area contributed by atoms with Gasteiger partial charge in [0.25, 0.3) is 5.91 Å². The van der Waals surface area contributed by atoms with Crippen LogP contribution < -0.4 is 0 Å². The molecule has 4 nitrogen and oxygen atoms in total. The van der Waals surface area contributed by atoms with Gasteiger partial charge in [0, 0.05) is 25.9 Å². The molecule has 2 heterocycles. The molecule has 20 heavy (non-hydrogen) atoms. The van der Waals surface area contributed by atoms with Gasteiger partial charge in [0.2, 0.25) is 0 Å². The maximum Gasteiger partial charge on any atom is 0.263 e. The van der Waals surface area contributed by atoms with Crippen molar-refractivity contribution in [3.05, 3.63) is 20.8 Å². The van der Waals surface area contributed by atoms with Crippen molar-refractivity contribution in [1.82, 2.24) is 4.90 Å². The topological polar surface area (TPSA) is 38.8 Å². The normalized spacial score (nSPS) is 22.3. The molecule has 0 bridgehead atoms. The molecule has 3 rings (SSSR count). The van der Waals surface area contributed by atoms with Crippen LogP contribution in [0.25, 0.3) is 0 Å². The van der Waals surface area contributed by atoms with Crippen LogP contribution in [0.15, 0.2) is 15.9 Å². The third kappa shape index (κ3) is 2.79. The summed E-state index contributed by atoms with van der Waals surface area (Å²) in [6.45, 7) is 1.39. The first-order valence-electron chi connectivity index (χ1n) is 6.90. The Hall–Kier alpha value is -0.430. The second kappa shape index (κ2) is 5.75. The van der Waals surface area contributed by atoms with Gasteiger partial charge in [0.15, 0.2) is 5.79 Å². The predicted molar refractivity (Wildman–Crippen MR) is 81.0 cm³/mol. The average Bonchev–Trinajstić information content (AvgIpc) is 3.08. The third-order valence-corrected chi connectivity index (χ3v) is 5.79. The van der Waals surface area contributed by atoms with Gasteiger partial charge in [-0.25, -0.2) is 0 Å². The molecule has 6 heteroatoms. The summed E-state index contributed by atoms with van der Waals surface area (Å²) in [4.78, 5) is 15.1. The fourth-order valence-corrected chi connectivity index (χ4v) is 4.35. The first-order chi connectivity index (χ1) is 9.60. The lowest BCUT2D eigenvalue weighted by Crippen LogP contribution is -2.44. The minimum absolute atomic E-state index is 0.106. The number of hydrogen-bond donors (Lipinski definition) is 0. The summed E-state index contributed by atoms with van der Waals surface area (Å²) in [7, 11) is 1.90. The summed E-state index contributed by atoms with van der Waals surface area (Å²) < 4.78 is 12.4. The van der Waals surface area contributed by atoms with Gasteiger partial charge in [-0.15, -0.1) is 11.3 Å². The van der Waals surface area contributed by atoms with Crippen LogP contribution in [-0.2, 0) is 9.47 Å². The van der Waals surface area contributed by atoms with Crippen molar-refractivity contribution in [2.24, 2.45) is 0 Å². The van der Waals surface area contributed by atoms with Crippen LogP contribution in [0.4, 0.5) is 0 Å². The number of thiophene rings is 1. The SMILES string of the molecule is CN(C(=O)c1ccc(Br)s1)C1CCC2(CC1)OCCO2. The largest absolute Gasteiger partial charge is 0.348 e. The molecule has 1 aromatic rings. The van der Waals surface area contributed by atoms with E-state index in [9.17, 15) is 4.79 Å². The number of amides is 1. The summed E-state index contributed by atoms with van der Waals surface area (Å²) in [6.07, 6.45) is 3.64. The average molecular weight is 360 g/mol. The fraction of sp³-hybridized carbons (Fsp3) is 0.643. The molecule has 0 atom stereocenters. The van der Waals surface area contributed by atoms with Gasteiger partial charge in [-0.3, -0.25) is 4.79 Å². The molecule has 2 aliphatic rings. The van der Waals surface area contributed by atoms with E-state index in [4.69, 9.17) is 9.47 Å². The van der Waals surface area contributed by atoms with E-state index in [2.05, 4.69) is 15.9 Å². The van der Waals surface area contributed by atoms with Crippen molar-refractivity contribution in [2.75, 3.05) is 20.3 Å². The molecule has 0 radical (unpaired) electrons. The van der Waals surface area contributed by atoms with Crippen LogP contribution in [0.3, 0.4) is 0 Å². The summed E-state index contributed by atoms with van der Waals surface area (Å²) in [5, 5.41) is 0. The lowest BCUT2D eigenvalue weighted by Gasteiger charge is -2.38. The van der Waals surface area contributed by atoms with E-state index in [1.165, 1.54) is 11.3 Å². The molecule has 110 valence electrons. The summed E-state index contributed by atoms with van der Waals surface area (Å²) in [5.41, 5.74) is 0. The second-order valence-electron chi connectivity index (χ2n) is 5.36. The predicted octanol–water partition coefficient (Wildman–Crippen LogP) is 3.27. The highest BCUT2D eigenvalue weighted by Gasteiger charge is 2.41. The van der Waals surface area contributed by atoms with Crippen LogP contribution in [0.2, 0.25) is 0 Å². The van der Waals surface area contributed by atoms with Crippen LogP contribution in [0.5, 0.6) is 0 Å². The molecule has 2 fully saturated rings. The summed E-state index contributed by atoms with van der Waals surface area (Å²) >= 11 is 4.88. The molecule has 1 amide bonds. The van der Waals surface area contributed by atoms with E-state index in [0.29, 0.717) is 13.2 Å². The highest BCUT2D eigenvalue weighted by atomic mass is 79.9. The highest BCUT2D eigenvalue weighted by Crippen LogP contribution is 2.37. The smallest absolute Gasteiger partial charge is 0.263 e. The number of carbonyl (C=O) groups excluding carboxylic acids is 1. The second-order valence-corrected chi connectivity index (χ2v) is 7.82. The molecule has 0 unspecified atom stereocenters. The Balaban J connectivity index is 1.61. The van der Waals surface area contributed by atoms with Gasteiger partial charge >= 0.3 is 0 Å². The Bertz CT molecular complexity index is 488. The number of hydrogen-bond acceptors (Lipinski definition) is 4. The summed E-state index contributed by atoms with van der Waals surface area (Å²) in [6, 6.07) is 4.07. The number of nitrogens with zero attached hydrogens (tertiary/aromatic N) is 1. The first kappa shape index (κ1) is 14.5. The van der Waals surface area contributed by atoms with E-state index >= 15 is 0 Å². The molecular formula is C14H18BrNO3S. The lowest BCUT2D eigenvalue weighted by molar-refractivity contribution is -0.182. The first-order valence-corrected chi connectivity index (χ1v) is 8.51. The molecule has 1 saturated heterocycles. The molecule has 0 N–H and O–H groups in total. The number of ether oxygens (including phenoxy) is 2. The molecule has 1 aromatic heterocycles. The molecular weight excluding hydrogens is 342 g/mol. The third-order valence-electron chi connectivity index (χ3n) is 4.18. The molecule has 0 aromatic carbocycles. The van der Waals surface area contributed by atoms with Crippen molar-refractivity contribution in [2.45, 2.75) is 37.5 Å². The van der Waals surface area contributed by atoms with Crippen LogP contribution in [-0.4, -0.2) is 42.9 Å². The Labute approximate surface area is 131 Å². The van der Waals surface area contributed by atoms with Gasteiger partial charge in [0.1, 0.15) is 0 Å². The zero-order valence-electron chi connectivity index (χ0n) is 11.4. The molecule has 1 spiro atoms. The van der Waals surface area contributed by atoms with Crippen LogP contribution in [0, 0.1) is 0 Å². The van der Waals surface area contributed by atoms with Crippen molar-refractivity contribution >= 4 is 33.2 Å². The minimum atomic E-state index is -0.355. The zero-order chi connectivity index (χ0) is 14.2. The van der Waals surface area contributed by atoms with Gasteiger partial charge in [-0.05, 0) is 40.9 Å². The van der Waals surface area contributed by atoms with E-state index in [1.54, 1.807) is 0 Å². The Morgan fingerprint density at radius 1 is 1.35 bits per heavy atom. The standard InChI is InChI=1S/C14H18BrNO3S/c1-16(13(17)11-2-3-12(15)20-11)10-4-6-14(7-5-10)18-8-9-19-14/h2-3,10H,4-9H2,1H3. The van der Waals surface area contributed by atoms with Crippen molar-refractivity contribution in [1.29, 1.82) is 0 Å². The van der Waals surface area contributed by atoms with E-state index < -0.39 is 0 Å². The van der Waals surface area contributed by atoms with Gasteiger partial charge in [-0.1, -0.05) is 0 Å². The molecule has 1 aliphatic carbocycles. The minimum Gasteiger partial charge on any atom is -0.348 e. The summed E-state index contributed by atoms with van der Waals surface area (Å²) in [5.74, 6) is -0.248. The monoisotopic (exact) mass is 359 g/mol. The quantitative estimate of drug-likeness (QED) is 0.813. The van der Waals surface area contributed by atoms with Crippen molar-refractivity contribution in [3.63, 3.8) is 0 Å². The fourth-order valence-electron chi connectivity index (χ4n) is 2.98. The highest BCUT2D eigenvalue weighted by molar-refractivity contribution is 9.11. The Kier molecular flexibility index (Phi) is 4.17. The van der Waals surface area contributed by atoms with Gasteiger partial charge in [0.05, 0.1) is 21.9 Å². The number of rotatable bonds is 2. The van der Waals surface area contributed by atoms with E-state index in [0.717, 1.165) is 34.3 Å². The van der Waals surface area contributed by atoms with Crippen LogP contribution >= 0.6 is 27.3 Å². The van der Waals surface area contributed by atoms with E-state index in [-0.39, 0.29) is 17.7 Å². The number of carbonyl (C=O) groups is 1. The number of halogens is 1. The maximum absolute atomic E-state index is 12.4. The van der Waals surface area contributed by atoms with Gasteiger partial charge < -0.3 is 14.4 Å². The van der Waals surface area contributed by atoms with Crippen LogP contribution in [0.1, 0.15) is 35.4 Å². The van der Waals surface area contributed by atoms with Gasteiger partial charge in [-0.2, -0.15) is 0 Å². The zero-order valence-corrected chi connectivity index (χ0v) is 13.8. The maximum atomic E-state index is 12.4.